The maximum Gasteiger partial charge on any atom is 0.419 e. The van der Waals surface area contributed by atoms with Crippen molar-refractivity contribution in [1.82, 2.24) is 10.6 Å². The normalized spacial score (nSPS) is 8.64. The summed E-state index contributed by atoms with van der Waals surface area (Å²) >= 11 is 4.20. The van der Waals surface area contributed by atoms with Crippen LogP contribution in [0.2, 0.25) is 0 Å². The molecule has 0 aromatic rings. The Morgan fingerprint density at radius 3 is 1.09 bits per heavy atom. The van der Waals surface area contributed by atoms with Gasteiger partial charge in [-0.2, -0.15) is 0 Å². The van der Waals surface area contributed by atoms with Gasteiger partial charge in [-0.1, -0.05) is 0 Å². The first-order valence-corrected chi connectivity index (χ1v) is 5.27. The summed E-state index contributed by atoms with van der Waals surface area (Å²) in [4.78, 5) is 14.8. The van der Waals surface area contributed by atoms with Crippen LogP contribution in [-0.2, 0) is 4.57 Å². The van der Waals surface area contributed by atoms with Crippen molar-refractivity contribution in [3.05, 3.63) is 0 Å². The topological polar surface area (TPSA) is 81.6 Å². The summed E-state index contributed by atoms with van der Waals surface area (Å²) in [5, 5.41) is 5.50. The molecular formula is C4H16ClN2O3P. The minimum absolute atomic E-state index is 1.88. The molecular weight excluding hydrogens is 190 g/mol. The van der Waals surface area contributed by atoms with Crippen LogP contribution in [0.15, 0.2) is 0 Å². The summed E-state index contributed by atoms with van der Waals surface area (Å²) in [5.41, 5.74) is 0. The van der Waals surface area contributed by atoms with Crippen molar-refractivity contribution < 1.29 is 14.4 Å². The van der Waals surface area contributed by atoms with E-state index in [1.165, 1.54) is 0 Å². The molecule has 0 bridgehead atoms. The molecule has 5 nitrogen and oxygen atoms in total. The van der Waals surface area contributed by atoms with E-state index in [4.69, 9.17) is 14.4 Å². The molecule has 0 rings (SSSR count). The number of nitrogens with one attached hydrogen (secondary N) is 2. The molecule has 0 spiro atoms. The molecule has 0 aliphatic heterocycles. The Kier molecular flexibility index (Phi) is 20.6. The van der Waals surface area contributed by atoms with Crippen LogP contribution in [-0.4, -0.2) is 38.0 Å². The van der Waals surface area contributed by atoms with Crippen molar-refractivity contribution in [3.8, 4) is 0 Å². The minimum Gasteiger partial charge on any atom is -0.323 e. The van der Waals surface area contributed by atoms with Gasteiger partial charge in [0.1, 0.15) is 0 Å². The monoisotopic (exact) mass is 206 g/mol. The summed E-state index contributed by atoms with van der Waals surface area (Å²) in [7, 11) is 7.50. The van der Waals surface area contributed by atoms with Gasteiger partial charge in [-0.15, -0.1) is 0 Å². The Balaban J connectivity index is -0.0000000933. The Morgan fingerprint density at radius 2 is 1.09 bits per heavy atom. The van der Waals surface area contributed by atoms with Gasteiger partial charge in [0.05, 0.1) is 0 Å². The molecule has 0 radical (unpaired) electrons. The van der Waals surface area contributed by atoms with Gasteiger partial charge in [-0.3, -0.25) is 0 Å². The number of rotatable bonds is 0. The maximum atomic E-state index is 9.09. The maximum absolute atomic E-state index is 9.09. The van der Waals surface area contributed by atoms with E-state index in [2.05, 4.69) is 21.9 Å². The second-order valence-electron chi connectivity index (χ2n) is 1.47. The average Bonchev–Trinajstić information content (AvgIpc) is 1.62. The van der Waals surface area contributed by atoms with Crippen molar-refractivity contribution in [2.45, 2.75) is 0 Å². The van der Waals surface area contributed by atoms with Gasteiger partial charge < -0.3 is 20.4 Å². The second kappa shape index (κ2) is 13.0. The van der Waals surface area contributed by atoms with E-state index in [9.17, 15) is 0 Å². The van der Waals surface area contributed by atoms with E-state index in [1.807, 2.05) is 28.2 Å². The molecule has 0 atom stereocenters. The molecule has 0 aromatic heterocycles. The lowest BCUT2D eigenvalue weighted by Gasteiger charge is -1.80. The van der Waals surface area contributed by atoms with E-state index in [1.54, 1.807) is 0 Å². The van der Waals surface area contributed by atoms with Gasteiger partial charge in [0.25, 0.3) is 0 Å². The lowest BCUT2D eigenvalue weighted by atomic mass is 11.3. The molecule has 0 saturated carbocycles. The summed E-state index contributed by atoms with van der Waals surface area (Å²) in [6.45, 7) is -4.17. The molecule has 0 aromatic carbocycles. The minimum atomic E-state index is -4.17. The molecule has 4 N–H and O–H groups in total. The van der Waals surface area contributed by atoms with Crippen molar-refractivity contribution in [1.29, 1.82) is 0 Å². The van der Waals surface area contributed by atoms with Crippen LogP contribution >= 0.6 is 18.2 Å². The number of hydrogen-bond acceptors (Lipinski definition) is 3. The van der Waals surface area contributed by atoms with Crippen molar-refractivity contribution in [2.75, 3.05) is 28.2 Å². The highest BCUT2D eigenvalue weighted by Crippen LogP contribution is 2.39. The van der Waals surface area contributed by atoms with Crippen LogP contribution in [0, 0.1) is 0 Å². The Morgan fingerprint density at radius 1 is 1.09 bits per heavy atom. The predicted molar refractivity (Wildman–Crippen MR) is 47.9 cm³/mol. The third-order valence-electron chi connectivity index (χ3n) is 0. The third kappa shape index (κ3) is 5590. The summed E-state index contributed by atoms with van der Waals surface area (Å²) in [5.74, 6) is 0. The Labute approximate surface area is 72.1 Å². The first-order chi connectivity index (χ1) is 4.83. The summed E-state index contributed by atoms with van der Waals surface area (Å²) in [6, 6.07) is 0. The molecule has 0 unspecified atom stereocenters. The van der Waals surface area contributed by atoms with Crippen LogP contribution in [0.1, 0.15) is 0 Å². The lowest BCUT2D eigenvalue weighted by molar-refractivity contribution is 0.395. The first kappa shape index (κ1) is 17.4. The molecule has 7 heteroatoms. The number of halogens is 1. The zero-order chi connectivity index (χ0) is 9.91. The van der Waals surface area contributed by atoms with E-state index >= 15 is 0 Å². The zero-order valence-corrected chi connectivity index (χ0v) is 8.78. The van der Waals surface area contributed by atoms with Gasteiger partial charge in [-0.05, 0) is 28.2 Å². The Hall–Kier alpha value is 0.360. The highest BCUT2D eigenvalue weighted by atomic mass is 35.7. The first-order valence-electron chi connectivity index (χ1n) is 2.75. The molecule has 0 fully saturated rings. The van der Waals surface area contributed by atoms with Crippen LogP contribution in [0.3, 0.4) is 0 Å². The smallest absolute Gasteiger partial charge is 0.323 e. The van der Waals surface area contributed by atoms with E-state index in [-0.39, 0.29) is 0 Å². The molecule has 0 heterocycles. The van der Waals surface area contributed by atoms with Gasteiger partial charge in [0.15, 0.2) is 0 Å². The van der Waals surface area contributed by atoms with E-state index < -0.39 is 6.95 Å². The lowest BCUT2D eigenvalue weighted by Crippen LogP contribution is -1.89. The highest BCUT2D eigenvalue weighted by molar-refractivity contribution is 7.79. The fourth-order valence-electron chi connectivity index (χ4n) is 0. The van der Waals surface area contributed by atoms with E-state index in [0.29, 0.717) is 0 Å². The average molecular weight is 207 g/mol. The SMILES string of the molecule is CNC.CNC.O=P(O)(O)Cl. The summed E-state index contributed by atoms with van der Waals surface area (Å²) < 4.78 is 9.09. The quantitative estimate of drug-likeness (QED) is 0.419. The Bertz CT molecular complexity index is 87.1. The third-order valence-corrected chi connectivity index (χ3v) is 0. The van der Waals surface area contributed by atoms with Crippen LogP contribution in [0.25, 0.3) is 0 Å². The van der Waals surface area contributed by atoms with Crippen LogP contribution in [0.5, 0.6) is 0 Å². The van der Waals surface area contributed by atoms with Gasteiger partial charge in [0, 0.05) is 11.2 Å². The van der Waals surface area contributed by atoms with Gasteiger partial charge >= 0.3 is 6.95 Å². The molecule has 0 saturated heterocycles. The van der Waals surface area contributed by atoms with Gasteiger partial charge in [-0.25, -0.2) is 4.57 Å². The van der Waals surface area contributed by atoms with Crippen LogP contribution < -0.4 is 10.6 Å². The van der Waals surface area contributed by atoms with Crippen molar-refractivity contribution >= 4 is 18.2 Å². The number of hydrogen-bond donors (Lipinski definition) is 4. The van der Waals surface area contributed by atoms with Crippen molar-refractivity contribution in [3.63, 3.8) is 0 Å². The predicted octanol–water partition coefficient (Wildman–Crippen LogP) is -0.0109. The largest absolute Gasteiger partial charge is 0.419 e. The fraction of sp³-hybridized carbons (Fsp3) is 1.00. The van der Waals surface area contributed by atoms with Crippen LogP contribution in [0.4, 0.5) is 0 Å². The molecule has 0 amide bonds. The molecule has 11 heavy (non-hydrogen) atoms. The molecule has 72 valence electrons. The van der Waals surface area contributed by atoms with Crippen molar-refractivity contribution in [2.24, 2.45) is 0 Å². The standard InChI is InChI=1S/2C2H7N.ClH2O3P/c2*1-3-2;1-5(2,3)4/h2*3H,1-2H3;(H2,2,3,4). The van der Waals surface area contributed by atoms with E-state index in [0.717, 1.165) is 0 Å². The fourth-order valence-corrected chi connectivity index (χ4v) is 0. The highest BCUT2D eigenvalue weighted by Gasteiger charge is 2.01. The molecule has 0 aliphatic rings. The second-order valence-corrected chi connectivity index (χ2v) is 3.74. The van der Waals surface area contributed by atoms with Gasteiger partial charge in [0.2, 0.25) is 0 Å². The zero-order valence-electron chi connectivity index (χ0n) is 7.13. The molecule has 0 aliphatic carbocycles. The summed E-state index contributed by atoms with van der Waals surface area (Å²) in [6.07, 6.45) is 0.